The third kappa shape index (κ3) is 2.55. The van der Waals surface area contributed by atoms with Crippen molar-refractivity contribution in [3.8, 4) is 5.82 Å². The molecule has 0 amide bonds. The first-order valence-electron chi connectivity index (χ1n) is 5.59. The second-order valence-corrected chi connectivity index (χ2v) is 4.50. The van der Waals surface area contributed by atoms with Gasteiger partial charge in [-0.05, 0) is 24.5 Å². The van der Waals surface area contributed by atoms with Gasteiger partial charge in [-0.2, -0.15) is 0 Å². The molecule has 0 saturated heterocycles. The molecule has 0 fully saturated rings. The molecule has 0 bridgehead atoms. The molecule has 2 heterocycles. The van der Waals surface area contributed by atoms with Gasteiger partial charge in [0.05, 0.1) is 11.9 Å². The molecule has 2 aromatic heterocycles. The van der Waals surface area contributed by atoms with E-state index >= 15 is 0 Å². The van der Waals surface area contributed by atoms with Gasteiger partial charge in [0.2, 0.25) is 0 Å². The van der Waals surface area contributed by atoms with Crippen molar-refractivity contribution in [2.75, 3.05) is 5.73 Å². The lowest BCUT2D eigenvalue weighted by molar-refractivity contribution is 0.626. The van der Waals surface area contributed by atoms with E-state index in [2.05, 4.69) is 23.9 Å². The van der Waals surface area contributed by atoms with Crippen LogP contribution in [0.4, 0.5) is 5.69 Å². The van der Waals surface area contributed by atoms with E-state index < -0.39 is 0 Å². The Balaban J connectivity index is 2.36. The molecule has 2 aromatic rings. The van der Waals surface area contributed by atoms with Crippen LogP contribution in [0.15, 0.2) is 29.2 Å². The summed E-state index contributed by atoms with van der Waals surface area (Å²) >= 11 is 0. The van der Waals surface area contributed by atoms with E-state index in [1.165, 1.54) is 10.9 Å². The second-order valence-electron chi connectivity index (χ2n) is 4.50. The number of rotatable bonds is 3. The number of aromatic nitrogens is 3. The topological polar surface area (TPSA) is 76.7 Å². The number of hydrogen-bond acceptors (Lipinski definition) is 3. The largest absolute Gasteiger partial charge is 0.397 e. The number of hydrogen-bond donors (Lipinski definition) is 2. The molecule has 17 heavy (non-hydrogen) atoms. The van der Waals surface area contributed by atoms with Crippen molar-refractivity contribution in [1.29, 1.82) is 0 Å². The predicted molar refractivity (Wildman–Crippen MR) is 67.1 cm³/mol. The van der Waals surface area contributed by atoms with E-state index in [1.807, 2.05) is 0 Å². The third-order valence-corrected chi connectivity index (χ3v) is 2.40. The van der Waals surface area contributed by atoms with E-state index in [4.69, 9.17) is 5.73 Å². The smallest absolute Gasteiger partial charge is 0.272 e. The maximum absolute atomic E-state index is 11.8. The van der Waals surface area contributed by atoms with Gasteiger partial charge in [-0.25, -0.2) is 9.67 Å². The van der Waals surface area contributed by atoms with Crippen LogP contribution in [0.25, 0.3) is 5.82 Å². The molecule has 5 nitrogen and oxygen atoms in total. The van der Waals surface area contributed by atoms with Gasteiger partial charge in [0.1, 0.15) is 0 Å². The van der Waals surface area contributed by atoms with Gasteiger partial charge in [-0.3, -0.25) is 9.89 Å². The fourth-order valence-corrected chi connectivity index (χ4v) is 1.69. The Morgan fingerprint density at radius 2 is 2.24 bits per heavy atom. The third-order valence-electron chi connectivity index (χ3n) is 2.40. The average Bonchev–Trinajstić information content (AvgIpc) is 2.59. The normalized spacial score (nSPS) is 11.0. The van der Waals surface area contributed by atoms with Crippen molar-refractivity contribution in [3.05, 3.63) is 40.4 Å². The van der Waals surface area contributed by atoms with Gasteiger partial charge in [0.25, 0.3) is 5.56 Å². The van der Waals surface area contributed by atoms with E-state index in [0.29, 0.717) is 17.4 Å². The molecule has 2 rings (SSSR count). The van der Waals surface area contributed by atoms with Gasteiger partial charge in [0.15, 0.2) is 5.82 Å². The van der Waals surface area contributed by atoms with Crippen LogP contribution in [0.2, 0.25) is 0 Å². The zero-order chi connectivity index (χ0) is 12.4. The molecule has 0 aliphatic carbocycles. The molecule has 3 N–H and O–H groups in total. The lowest BCUT2D eigenvalue weighted by Crippen LogP contribution is -2.14. The highest BCUT2D eigenvalue weighted by Crippen LogP contribution is 2.07. The molecule has 0 spiro atoms. The number of nitrogen functional groups attached to an aromatic ring is 1. The van der Waals surface area contributed by atoms with Crippen LogP contribution in [0.5, 0.6) is 0 Å². The number of nitrogens with two attached hydrogens (primary N) is 1. The number of pyridine rings is 1. The first-order chi connectivity index (χ1) is 8.06. The molecular formula is C12H16N4O. The van der Waals surface area contributed by atoms with E-state index in [0.717, 1.165) is 12.1 Å². The lowest BCUT2D eigenvalue weighted by atomic mass is 10.1. The summed E-state index contributed by atoms with van der Waals surface area (Å²) in [5, 5.41) is 3.05. The van der Waals surface area contributed by atoms with E-state index in [9.17, 15) is 4.79 Å². The fraction of sp³-hybridized carbons (Fsp3) is 0.333. The van der Waals surface area contributed by atoms with Crippen LogP contribution in [0, 0.1) is 5.92 Å². The Morgan fingerprint density at radius 3 is 2.82 bits per heavy atom. The predicted octanol–water partition coefficient (Wildman–Crippen LogP) is 1.34. The molecule has 0 aromatic carbocycles. The molecule has 0 saturated carbocycles. The first-order valence-corrected chi connectivity index (χ1v) is 5.59. The van der Waals surface area contributed by atoms with Crippen LogP contribution < -0.4 is 11.3 Å². The van der Waals surface area contributed by atoms with Crippen LogP contribution in [-0.2, 0) is 6.42 Å². The molecule has 0 unspecified atom stereocenters. The Morgan fingerprint density at radius 1 is 1.47 bits per heavy atom. The van der Waals surface area contributed by atoms with Gasteiger partial charge < -0.3 is 5.73 Å². The summed E-state index contributed by atoms with van der Waals surface area (Å²) in [6, 6.07) is 5.04. The highest BCUT2D eigenvalue weighted by atomic mass is 16.1. The molecule has 0 radical (unpaired) electrons. The maximum Gasteiger partial charge on any atom is 0.272 e. The number of H-pyrrole nitrogens is 1. The quantitative estimate of drug-likeness (QED) is 0.838. The molecule has 5 heteroatoms. The van der Waals surface area contributed by atoms with Crippen molar-refractivity contribution in [2.45, 2.75) is 20.3 Å². The van der Waals surface area contributed by atoms with Crippen molar-refractivity contribution < 1.29 is 0 Å². The Bertz CT molecular complexity index is 551. The van der Waals surface area contributed by atoms with Gasteiger partial charge in [-0.15, -0.1) is 0 Å². The lowest BCUT2D eigenvalue weighted by Gasteiger charge is -2.03. The maximum atomic E-state index is 11.8. The van der Waals surface area contributed by atoms with Crippen LogP contribution in [-0.4, -0.2) is 14.8 Å². The molecule has 0 aliphatic heterocycles. The number of nitrogens with zero attached hydrogens (tertiary/aromatic N) is 2. The zero-order valence-electron chi connectivity index (χ0n) is 9.97. The molecule has 0 aliphatic rings. The Kier molecular flexibility index (Phi) is 2.99. The van der Waals surface area contributed by atoms with Crippen LogP contribution in [0.3, 0.4) is 0 Å². The average molecular weight is 232 g/mol. The standard InChI is InChI=1S/C12H16N4O/c1-8(2)5-10-6-12(17)16(15-10)11-4-3-9(13)7-14-11/h3-4,6-8,15H,5,13H2,1-2H3. The number of aromatic amines is 1. The summed E-state index contributed by atoms with van der Waals surface area (Å²) < 4.78 is 1.43. The summed E-state index contributed by atoms with van der Waals surface area (Å²) in [7, 11) is 0. The summed E-state index contributed by atoms with van der Waals surface area (Å²) in [5.74, 6) is 1.06. The van der Waals surface area contributed by atoms with Crippen LogP contribution in [0.1, 0.15) is 19.5 Å². The molecule has 0 atom stereocenters. The minimum absolute atomic E-state index is 0.0991. The second kappa shape index (κ2) is 4.45. The number of anilines is 1. The monoisotopic (exact) mass is 232 g/mol. The number of nitrogens with one attached hydrogen (secondary N) is 1. The van der Waals surface area contributed by atoms with E-state index in [1.54, 1.807) is 18.2 Å². The molecular weight excluding hydrogens is 216 g/mol. The summed E-state index contributed by atoms with van der Waals surface area (Å²) in [6.45, 7) is 4.22. The van der Waals surface area contributed by atoms with Crippen LogP contribution >= 0.6 is 0 Å². The van der Waals surface area contributed by atoms with Crippen molar-refractivity contribution in [1.82, 2.24) is 14.8 Å². The zero-order valence-corrected chi connectivity index (χ0v) is 9.97. The minimum Gasteiger partial charge on any atom is -0.397 e. The first kappa shape index (κ1) is 11.4. The summed E-state index contributed by atoms with van der Waals surface area (Å²) in [4.78, 5) is 15.9. The van der Waals surface area contributed by atoms with Gasteiger partial charge in [0, 0.05) is 11.8 Å². The summed E-state index contributed by atoms with van der Waals surface area (Å²) in [5.41, 5.74) is 6.95. The van der Waals surface area contributed by atoms with Crippen molar-refractivity contribution in [2.24, 2.45) is 5.92 Å². The molecule has 90 valence electrons. The Hall–Kier alpha value is -2.04. The van der Waals surface area contributed by atoms with Gasteiger partial charge >= 0.3 is 0 Å². The highest BCUT2D eigenvalue weighted by Gasteiger charge is 2.07. The fourth-order valence-electron chi connectivity index (χ4n) is 1.69. The minimum atomic E-state index is -0.0991. The van der Waals surface area contributed by atoms with E-state index in [-0.39, 0.29) is 5.56 Å². The summed E-state index contributed by atoms with van der Waals surface area (Å²) in [6.07, 6.45) is 2.38. The highest BCUT2D eigenvalue weighted by molar-refractivity contribution is 5.38. The Labute approximate surface area is 99.3 Å². The van der Waals surface area contributed by atoms with Gasteiger partial charge in [-0.1, -0.05) is 13.8 Å². The van der Waals surface area contributed by atoms with Crippen molar-refractivity contribution in [3.63, 3.8) is 0 Å². The SMILES string of the molecule is CC(C)Cc1cc(=O)n(-c2ccc(N)cn2)[nH]1. The van der Waals surface area contributed by atoms with Crippen molar-refractivity contribution >= 4 is 5.69 Å².